The molecule has 9 nitrogen and oxygen atoms in total. The number of aliphatic carboxylic acids is 1. The molecular weight excluding hydrogens is 388 g/mol. The van der Waals surface area contributed by atoms with Crippen LogP contribution in [0.2, 0.25) is 0 Å². The van der Waals surface area contributed by atoms with Crippen molar-refractivity contribution in [1.29, 1.82) is 0 Å². The van der Waals surface area contributed by atoms with Gasteiger partial charge in [-0.05, 0) is 44.2 Å². The third kappa shape index (κ3) is 6.31. The number of carbonyl (C=O) groups excluding carboxylic acids is 2. The van der Waals surface area contributed by atoms with Gasteiger partial charge < -0.3 is 29.4 Å². The maximum Gasteiger partial charge on any atom is 0.320 e. The summed E-state index contributed by atoms with van der Waals surface area (Å²) < 4.78 is 5.35. The molecule has 0 aromatic heterocycles. The molecule has 3 heterocycles. The predicted molar refractivity (Wildman–Crippen MR) is 111 cm³/mol. The van der Waals surface area contributed by atoms with E-state index < -0.39 is 5.97 Å². The molecule has 3 rings (SSSR count). The van der Waals surface area contributed by atoms with Crippen molar-refractivity contribution >= 4 is 17.9 Å². The van der Waals surface area contributed by atoms with Gasteiger partial charge in [0.05, 0.1) is 13.2 Å². The highest BCUT2D eigenvalue weighted by molar-refractivity contribution is 5.75. The number of amides is 3. The Morgan fingerprint density at radius 2 is 1.67 bits per heavy atom. The van der Waals surface area contributed by atoms with Crippen molar-refractivity contribution in [3.8, 4) is 0 Å². The molecule has 3 saturated heterocycles. The van der Waals surface area contributed by atoms with Crippen molar-refractivity contribution < 1.29 is 24.2 Å². The summed E-state index contributed by atoms with van der Waals surface area (Å²) in [5, 5.41) is 9.35. The van der Waals surface area contributed by atoms with Crippen LogP contribution in [0.1, 0.15) is 32.6 Å². The quantitative estimate of drug-likeness (QED) is 0.702. The van der Waals surface area contributed by atoms with Gasteiger partial charge in [-0.15, -0.1) is 0 Å². The lowest BCUT2D eigenvalue weighted by Crippen LogP contribution is -2.52. The summed E-state index contributed by atoms with van der Waals surface area (Å²) in [6.07, 6.45) is 2.75. The van der Waals surface area contributed by atoms with Gasteiger partial charge in [-0.25, -0.2) is 4.79 Å². The largest absolute Gasteiger partial charge is 0.481 e. The molecule has 0 saturated carbocycles. The van der Waals surface area contributed by atoms with Gasteiger partial charge in [0.2, 0.25) is 5.91 Å². The van der Waals surface area contributed by atoms with Gasteiger partial charge in [0.25, 0.3) is 0 Å². The van der Waals surface area contributed by atoms with Crippen LogP contribution in [0.5, 0.6) is 0 Å². The number of carboxylic acids is 1. The number of urea groups is 1. The molecule has 2 unspecified atom stereocenters. The maximum absolute atomic E-state index is 12.9. The fourth-order valence-corrected chi connectivity index (χ4v) is 4.89. The van der Waals surface area contributed by atoms with Crippen molar-refractivity contribution in [1.82, 2.24) is 19.6 Å². The minimum absolute atomic E-state index is 0.0592. The Labute approximate surface area is 178 Å². The highest BCUT2D eigenvalue weighted by atomic mass is 16.5. The monoisotopic (exact) mass is 424 g/mol. The van der Waals surface area contributed by atoms with Crippen LogP contribution in [-0.4, -0.2) is 115 Å². The summed E-state index contributed by atoms with van der Waals surface area (Å²) in [5.74, 6) is -0.336. The number of hydrogen-bond donors (Lipinski definition) is 1. The lowest BCUT2D eigenvalue weighted by molar-refractivity contribution is -0.139. The second-order valence-electron chi connectivity index (χ2n) is 8.72. The molecule has 9 heteroatoms. The SMILES string of the molecule is CC(=O)N1CCCN(CCC2CN(C(=O)N3CCOCC3)CCC2CC(=O)O)CC1. The highest BCUT2D eigenvalue weighted by Gasteiger charge is 2.34. The lowest BCUT2D eigenvalue weighted by Gasteiger charge is -2.41. The van der Waals surface area contributed by atoms with Gasteiger partial charge in [-0.2, -0.15) is 0 Å². The fourth-order valence-electron chi connectivity index (χ4n) is 4.89. The topological polar surface area (TPSA) is 93.6 Å². The molecule has 1 N–H and O–H groups in total. The van der Waals surface area contributed by atoms with Gasteiger partial charge in [0.1, 0.15) is 0 Å². The molecule has 2 atom stereocenters. The summed E-state index contributed by atoms with van der Waals surface area (Å²) in [6.45, 7) is 9.53. The number of morpholine rings is 1. The molecule has 3 aliphatic rings. The van der Waals surface area contributed by atoms with E-state index in [1.54, 1.807) is 6.92 Å². The number of hydrogen-bond acceptors (Lipinski definition) is 5. The third-order valence-corrected chi connectivity index (χ3v) is 6.73. The molecule has 3 amide bonds. The highest BCUT2D eigenvalue weighted by Crippen LogP contribution is 2.30. The Bertz CT molecular complexity index is 610. The third-order valence-electron chi connectivity index (χ3n) is 6.73. The number of rotatable bonds is 5. The standard InChI is InChI=1S/C21H36N4O5/c1-17(26)23-6-2-5-22(9-10-23)7-3-19-16-25(8-4-18(19)15-20(27)28)21(29)24-11-13-30-14-12-24/h18-19H,2-16H2,1H3,(H,27,28). The van der Waals surface area contributed by atoms with Gasteiger partial charge in [0, 0.05) is 59.2 Å². The summed E-state index contributed by atoms with van der Waals surface area (Å²) in [5.41, 5.74) is 0. The smallest absolute Gasteiger partial charge is 0.320 e. The van der Waals surface area contributed by atoms with E-state index >= 15 is 0 Å². The summed E-state index contributed by atoms with van der Waals surface area (Å²) >= 11 is 0. The Balaban J connectivity index is 1.56. The number of carboxylic acid groups (broad SMARTS) is 1. The minimum atomic E-state index is -0.759. The van der Waals surface area contributed by atoms with E-state index in [4.69, 9.17) is 4.74 Å². The minimum Gasteiger partial charge on any atom is -0.481 e. The Kier molecular flexibility index (Phi) is 8.32. The van der Waals surface area contributed by atoms with Crippen LogP contribution in [-0.2, 0) is 14.3 Å². The van der Waals surface area contributed by atoms with Gasteiger partial charge in [0.15, 0.2) is 0 Å². The number of ether oxygens (including phenoxy) is 1. The van der Waals surface area contributed by atoms with E-state index in [2.05, 4.69) is 4.90 Å². The number of carbonyl (C=O) groups is 3. The van der Waals surface area contributed by atoms with Crippen LogP contribution in [0.4, 0.5) is 4.79 Å². The Hall–Kier alpha value is -1.87. The zero-order valence-electron chi connectivity index (χ0n) is 18.1. The molecule has 0 aromatic carbocycles. The predicted octanol–water partition coefficient (Wildman–Crippen LogP) is 0.796. The number of piperidine rings is 1. The first-order valence-electron chi connectivity index (χ1n) is 11.3. The van der Waals surface area contributed by atoms with Crippen LogP contribution in [0.3, 0.4) is 0 Å². The molecule has 3 aliphatic heterocycles. The van der Waals surface area contributed by atoms with Crippen molar-refractivity contribution in [2.45, 2.75) is 32.6 Å². The van der Waals surface area contributed by atoms with Crippen molar-refractivity contribution in [2.24, 2.45) is 11.8 Å². The fraction of sp³-hybridized carbons (Fsp3) is 0.857. The van der Waals surface area contributed by atoms with Crippen LogP contribution < -0.4 is 0 Å². The van der Waals surface area contributed by atoms with E-state index in [0.29, 0.717) is 39.4 Å². The van der Waals surface area contributed by atoms with Crippen molar-refractivity contribution in [3.63, 3.8) is 0 Å². The second-order valence-corrected chi connectivity index (χ2v) is 8.72. The molecule has 0 spiro atoms. The Morgan fingerprint density at radius 3 is 2.37 bits per heavy atom. The summed E-state index contributed by atoms with van der Waals surface area (Å²) in [6, 6.07) is 0.0592. The zero-order chi connectivity index (χ0) is 21.5. The number of nitrogens with zero attached hydrogens (tertiary/aromatic N) is 4. The van der Waals surface area contributed by atoms with Gasteiger partial charge in [-0.1, -0.05) is 0 Å². The first-order chi connectivity index (χ1) is 14.4. The zero-order valence-corrected chi connectivity index (χ0v) is 18.1. The first-order valence-corrected chi connectivity index (χ1v) is 11.3. The molecule has 0 aromatic rings. The van der Waals surface area contributed by atoms with E-state index in [-0.39, 0.29) is 30.2 Å². The number of likely N-dealkylation sites (tertiary alicyclic amines) is 1. The molecule has 0 radical (unpaired) electrons. The van der Waals surface area contributed by atoms with Crippen LogP contribution in [0, 0.1) is 11.8 Å². The Morgan fingerprint density at radius 1 is 0.900 bits per heavy atom. The van der Waals surface area contributed by atoms with E-state index in [9.17, 15) is 19.5 Å². The van der Waals surface area contributed by atoms with Crippen LogP contribution in [0.15, 0.2) is 0 Å². The average Bonchev–Trinajstić information content (AvgIpc) is 2.98. The van der Waals surface area contributed by atoms with E-state index in [0.717, 1.165) is 52.0 Å². The van der Waals surface area contributed by atoms with E-state index in [1.807, 2.05) is 14.7 Å². The van der Waals surface area contributed by atoms with Gasteiger partial charge >= 0.3 is 12.0 Å². The molecule has 30 heavy (non-hydrogen) atoms. The van der Waals surface area contributed by atoms with Crippen LogP contribution in [0.25, 0.3) is 0 Å². The molecule has 3 fully saturated rings. The average molecular weight is 425 g/mol. The van der Waals surface area contributed by atoms with Crippen LogP contribution >= 0.6 is 0 Å². The molecule has 0 bridgehead atoms. The molecule has 0 aliphatic carbocycles. The second kappa shape index (κ2) is 10.9. The summed E-state index contributed by atoms with van der Waals surface area (Å²) in [4.78, 5) is 44.0. The van der Waals surface area contributed by atoms with Crippen molar-refractivity contribution in [2.75, 3.05) is 72.1 Å². The normalized spacial score (nSPS) is 26.4. The molecule has 170 valence electrons. The molecular formula is C21H36N4O5. The van der Waals surface area contributed by atoms with E-state index in [1.165, 1.54) is 0 Å². The van der Waals surface area contributed by atoms with Gasteiger partial charge in [-0.3, -0.25) is 9.59 Å². The summed E-state index contributed by atoms with van der Waals surface area (Å²) in [7, 11) is 0. The van der Waals surface area contributed by atoms with Crippen molar-refractivity contribution in [3.05, 3.63) is 0 Å². The first kappa shape index (κ1) is 22.8. The lowest BCUT2D eigenvalue weighted by atomic mass is 9.81. The maximum atomic E-state index is 12.9.